The molecular weight excluding hydrogens is 322 g/mol. The Morgan fingerprint density at radius 3 is 2.50 bits per heavy atom. The van der Waals surface area contributed by atoms with Crippen molar-refractivity contribution in [3.63, 3.8) is 0 Å². The molecule has 0 aromatic heterocycles. The molecular formula is C22H29N3O. The molecule has 0 atom stereocenters. The fourth-order valence-electron chi connectivity index (χ4n) is 3.47. The molecule has 2 aromatic carbocycles. The molecule has 1 N–H and O–H groups in total. The monoisotopic (exact) mass is 351 g/mol. The zero-order valence-corrected chi connectivity index (χ0v) is 15.7. The van der Waals surface area contributed by atoms with Gasteiger partial charge < -0.3 is 10.2 Å². The number of nitrogens with zero attached hydrogens (tertiary/aromatic N) is 2. The largest absolute Gasteiger partial charge is 0.369 e. The zero-order chi connectivity index (χ0) is 18.2. The lowest BCUT2D eigenvalue weighted by Crippen LogP contribution is -2.47. The highest BCUT2D eigenvalue weighted by molar-refractivity contribution is 5.78. The van der Waals surface area contributed by atoms with Crippen LogP contribution in [0.5, 0.6) is 0 Å². The molecule has 1 heterocycles. The van der Waals surface area contributed by atoms with E-state index in [4.69, 9.17) is 0 Å². The van der Waals surface area contributed by atoms with E-state index < -0.39 is 0 Å². The first-order valence-electron chi connectivity index (χ1n) is 9.55. The number of carbonyl (C=O) groups is 1. The van der Waals surface area contributed by atoms with E-state index >= 15 is 0 Å². The molecule has 1 fully saturated rings. The zero-order valence-electron chi connectivity index (χ0n) is 15.7. The normalized spacial score (nSPS) is 15.0. The molecule has 2 aromatic rings. The van der Waals surface area contributed by atoms with Crippen molar-refractivity contribution in [1.82, 2.24) is 10.2 Å². The number of piperazine rings is 1. The summed E-state index contributed by atoms with van der Waals surface area (Å²) in [5, 5.41) is 3.05. The topological polar surface area (TPSA) is 35.6 Å². The predicted molar refractivity (Wildman–Crippen MR) is 108 cm³/mol. The van der Waals surface area contributed by atoms with E-state index in [1.165, 1.54) is 11.3 Å². The number of nitrogens with one attached hydrogen (secondary N) is 1. The summed E-state index contributed by atoms with van der Waals surface area (Å²) < 4.78 is 0. The minimum Gasteiger partial charge on any atom is -0.369 e. The number of hydrogen-bond acceptors (Lipinski definition) is 3. The van der Waals surface area contributed by atoms with Gasteiger partial charge in [-0.1, -0.05) is 48.0 Å². The lowest BCUT2D eigenvalue weighted by atomic mass is 10.1. The molecule has 0 bridgehead atoms. The maximum absolute atomic E-state index is 12.0. The summed E-state index contributed by atoms with van der Waals surface area (Å²) in [5.41, 5.74) is 3.60. The quantitative estimate of drug-likeness (QED) is 0.779. The number of carbonyl (C=O) groups excluding carboxylic acids is 1. The van der Waals surface area contributed by atoms with E-state index in [0.29, 0.717) is 6.42 Å². The number of amides is 1. The van der Waals surface area contributed by atoms with Crippen LogP contribution in [0.4, 0.5) is 5.69 Å². The SMILES string of the molecule is Cc1cccc(CC(=O)NCCCN2CCN(c3ccccc3)CC2)c1. The lowest BCUT2D eigenvalue weighted by molar-refractivity contribution is -0.120. The minimum absolute atomic E-state index is 0.115. The average molecular weight is 351 g/mol. The number of hydrogen-bond donors (Lipinski definition) is 1. The molecule has 1 aliphatic rings. The van der Waals surface area contributed by atoms with Crippen molar-refractivity contribution in [2.75, 3.05) is 44.2 Å². The van der Waals surface area contributed by atoms with Gasteiger partial charge in [-0.2, -0.15) is 0 Å². The molecule has 0 unspecified atom stereocenters. The highest BCUT2D eigenvalue weighted by Crippen LogP contribution is 2.15. The smallest absolute Gasteiger partial charge is 0.224 e. The van der Waals surface area contributed by atoms with E-state index in [-0.39, 0.29) is 5.91 Å². The van der Waals surface area contributed by atoms with E-state index in [9.17, 15) is 4.79 Å². The second-order valence-corrected chi connectivity index (χ2v) is 7.03. The van der Waals surface area contributed by atoms with E-state index in [2.05, 4.69) is 64.5 Å². The molecule has 1 amide bonds. The van der Waals surface area contributed by atoms with Crippen LogP contribution in [0.3, 0.4) is 0 Å². The summed E-state index contributed by atoms with van der Waals surface area (Å²) in [6, 6.07) is 18.8. The Labute approximate surface area is 156 Å². The Bertz CT molecular complexity index is 694. The maximum Gasteiger partial charge on any atom is 0.224 e. The third-order valence-electron chi connectivity index (χ3n) is 4.91. The Balaban J connectivity index is 1.30. The van der Waals surface area contributed by atoms with Crippen LogP contribution in [0.1, 0.15) is 17.5 Å². The van der Waals surface area contributed by atoms with Gasteiger partial charge >= 0.3 is 0 Å². The first-order chi connectivity index (χ1) is 12.7. The molecule has 26 heavy (non-hydrogen) atoms. The second-order valence-electron chi connectivity index (χ2n) is 7.03. The third-order valence-corrected chi connectivity index (χ3v) is 4.91. The van der Waals surface area contributed by atoms with Crippen LogP contribution in [0, 0.1) is 6.92 Å². The van der Waals surface area contributed by atoms with E-state index in [0.717, 1.165) is 51.3 Å². The van der Waals surface area contributed by atoms with Crippen LogP contribution in [0.25, 0.3) is 0 Å². The summed E-state index contributed by atoms with van der Waals surface area (Å²) in [7, 11) is 0. The number of rotatable bonds is 7. The number of anilines is 1. The van der Waals surface area contributed by atoms with Crippen molar-refractivity contribution in [2.45, 2.75) is 19.8 Å². The van der Waals surface area contributed by atoms with E-state index in [1.807, 2.05) is 12.1 Å². The van der Waals surface area contributed by atoms with Gasteiger partial charge in [-0.3, -0.25) is 9.69 Å². The van der Waals surface area contributed by atoms with Gasteiger partial charge in [0.1, 0.15) is 0 Å². The number of para-hydroxylation sites is 1. The van der Waals surface area contributed by atoms with Crippen LogP contribution in [0.2, 0.25) is 0 Å². The van der Waals surface area contributed by atoms with Crippen LogP contribution in [-0.2, 0) is 11.2 Å². The lowest BCUT2D eigenvalue weighted by Gasteiger charge is -2.36. The fourth-order valence-corrected chi connectivity index (χ4v) is 3.47. The predicted octanol–water partition coefficient (Wildman–Crippen LogP) is 2.87. The van der Waals surface area contributed by atoms with Crippen molar-refractivity contribution >= 4 is 11.6 Å². The third kappa shape index (κ3) is 5.60. The summed E-state index contributed by atoms with van der Waals surface area (Å²) in [5.74, 6) is 0.115. The molecule has 4 heteroatoms. The van der Waals surface area contributed by atoms with Gasteiger partial charge in [0.2, 0.25) is 5.91 Å². The summed E-state index contributed by atoms with van der Waals surface area (Å²) >= 11 is 0. The maximum atomic E-state index is 12.0. The van der Waals surface area contributed by atoms with E-state index in [1.54, 1.807) is 0 Å². The number of benzene rings is 2. The Morgan fingerprint density at radius 2 is 1.77 bits per heavy atom. The molecule has 1 saturated heterocycles. The first kappa shape index (κ1) is 18.5. The van der Waals surface area contributed by atoms with Gasteiger partial charge in [-0.25, -0.2) is 0 Å². The number of aryl methyl sites for hydroxylation is 1. The van der Waals surface area contributed by atoms with Crippen molar-refractivity contribution < 1.29 is 4.79 Å². The summed E-state index contributed by atoms with van der Waals surface area (Å²) in [6.45, 7) is 8.18. The Hall–Kier alpha value is -2.33. The van der Waals surface area contributed by atoms with Crippen LogP contribution >= 0.6 is 0 Å². The molecule has 0 aliphatic carbocycles. The molecule has 0 radical (unpaired) electrons. The van der Waals surface area contributed by atoms with Gasteiger partial charge in [-0.05, 0) is 37.6 Å². The minimum atomic E-state index is 0.115. The molecule has 4 nitrogen and oxygen atoms in total. The van der Waals surface area contributed by atoms with Gasteiger partial charge in [0, 0.05) is 38.4 Å². The van der Waals surface area contributed by atoms with Crippen LogP contribution < -0.4 is 10.2 Å². The van der Waals surface area contributed by atoms with Gasteiger partial charge in [-0.15, -0.1) is 0 Å². The molecule has 1 aliphatic heterocycles. The Morgan fingerprint density at radius 1 is 1.00 bits per heavy atom. The van der Waals surface area contributed by atoms with Gasteiger partial charge in [0.05, 0.1) is 6.42 Å². The van der Waals surface area contributed by atoms with Crippen molar-refractivity contribution in [3.8, 4) is 0 Å². The highest BCUT2D eigenvalue weighted by atomic mass is 16.1. The van der Waals surface area contributed by atoms with Crippen molar-refractivity contribution in [2.24, 2.45) is 0 Å². The van der Waals surface area contributed by atoms with Gasteiger partial charge in [0.25, 0.3) is 0 Å². The fraction of sp³-hybridized carbons (Fsp3) is 0.409. The van der Waals surface area contributed by atoms with Crippen molar-refractivity contribution in [3.05, 3.63) is 65.7 Å². The summed E-state index contributed by atoms with van der Waals surface area (Å²) in [6.07, 6.45) is 1.47. The van der Waals surface area contributed by atoms with Crippen molar-refractivity contribution in [1.29, 1.82) is 0 Å². The van der Waals surface area contributed by atoms with Gasteiger partial charge in [0.15, 0.2) is 0 Å². The standard InChI is InChI=1S/C22H29N3O/c1-19-7-5-8-20(17-19)18-22(26)23-11-6-12-24-13-15-25(16-14-24)21-9-3-2-4-10-21/h2-5,7-10,17H,6,11-16,18H2,1H3,(H,23,26). The molecule has 0 spiro atoms. The van der Waals surface area contributed by atoms with Crippen LogP contribution in [0.15, 0.2) is 54.6 Å². The highest BCUT2D eigenvalue weighted by Gasteiger charge is 2.16. The molecule has 3 rings (SSSR count). The molecule has 138 valence electrons. The first-order valence-corrected chi connectivity index (χ1v) is 9.55. The Kier molecular flexibility index (Phi) is 6.67. The second kappa shape index (κ2) is 9.39. The summed E-state index contributed by atoms with van der Waals surface area (Å²) in [4.78, 5) is 17.0. The molecule has 0 saturated carbocycles. The average Bonchev–Trinajstić information content (AvgIpc) is 2.66. The van der Waals surface area contributed by atoms with Crippen LogP contribution in [-0.4, -0.2) is 50.1 Å².